The third-order valence-electron chi connectivity index (χ3n) is 3.43. The standard InChI is InChI=1S/C15H18O3/c1-4-12(15(16)18-3)14-7-5-10-9-11(17-2)6-8-13(10)14/h6-9,12H,4-5H2,1-3H3/t12-/m1/s1. The minimum absolute atomic E-state index is 0.160. The SMILES string of the molecule is CC[C@@H](C(=O)OC)C1=CCc2cc(OC)ccc21. The van der Waals surface area contributed by atoms with Crippen LogP contribution >= 0.6 is 0 Å². The number of benzene rings is 1. The summed E-state index contributed by atoms with van der Waals surface area (Å²) in [7, 11) is 3.10. The second-order valence-electron chi connectivity index (χ2n) is 4.37. The van der Waals surface area contributed by atoms with Crippen LogP contribution in [0.3, 0.4) is 0 Å². The van der Waals surface area contributed by atoms with Crippen LogP contribution in [-0.4, -0.2) is 20.2 Å². The van der Waals surface area contributed by atoms with E-state index in [1.165, 1.54) is 12.7 Å². The highest BCUT2D eigenvalue weighted by atomic mass is 16.5. The summed E-state index contributed by atoms with van der Waals surface area (Å²) in [5.74, 6) is 0.534. The molecule has 0 saturated carbocycles. The van der Waals surface area contributed by atoms with Gasteiger partial charge in [-0.25, -0.2) is 0 Å². The molecular weight excluding hydrogens is 228 g/mol. The van der Waals surface area contributed by atoms with E-state index < -0.39 is 0 Å². The Hall–Kier alpha value is -1.77. The maximum Gasteiger partial charge on any atom is 0.313 e. The Labute approximate surface area is 107 Å². The number of allylic oxidation sites excluding steroid dienone is 1. The van der Waals surface area contributed by atoms with Crippen LogP contribution in [0.15, 0.2) is 24.3 Å². The number of methoxy groups -OCH3 is 2. The molecule has 0 N–H and O–H groups in total. The van der Waals surface area contributed by atoms with E-state index in [0.717, 1.165) is 29.7 Å². The van der Waals surface area contributed by atoms with E-state index in [-0.39, 0.29) is 11.9 Å². The molecule has 1 aliphatic carbocycles. The Balaban J connectivity index is 2.32. The van der Waals surface area contributed by atoms with Crippen LogP contribution < -0.4 is 4.74 Å². The minimum Gasteiger partial charge on any atom is -0.497 e. The first-order chi connectivity index (χ1) is 8.71. The molecule has 2 rings (SSSR count). The van der Waals surface area contributed by atoms with Gasteiger partial charge in [-0.15, -0.1) is 0 Å². The second-order valence-corrected chi connectivity index (χ2v) is 4.37. The average Bonchev–Trinajstić information content (AvgIpc) is 2.82. The van der Waals surface area contributed by atoms with Crippen LogP contribution in [0.2, 0.25) is 0 Å². The monoisotopic (exact) mass is 246 g/mol. The Morgan fingerprint density at radius 1 is 1.39 bits per heavy atom. The van der Waals surface area contributed by atoms with E-state index in [4.69, 9.17) is 9.47 Å². The normalized spacial score (nSPS) is 14.7. The summed E-state index contributed by atoms with van der Waals surface area (Å²) in [5.41, 5.74) is 3.45. The third kappa shape index (κ3) is 2.13. The number of rotatable bonds is 4. The van der Waals surface area contributed by atoms with Crippen molar-refractivity contribution in [2.45, 2.75) is 19.8 Å². The van der Waals surface area contributed by atoms with Gasteiger partial charge < -0.3 is 9.47 Å². The van der Waals surface area contributed by atoms with Crippen LogP contribution in [0.25, 0.3) is 5.57 Å². The summed E-state index contributed by atoms with van der Waals surface area (Å²) < 4.78 is 10.1. The fourth-order valence-electron chi connectivity index (χ4n) is 2.46. The number of ether oxygens (including phenoxy) is 2. The van der Waals surface area contributed by atoms with Crippen molar-refractivity contribution >= 4 is 11.5 Å². The van der Waals surface area contributed by atoms with Crippen LogP contribution in [0.5, 0.6) is 5.75 Å². The number of esters is 1. The summed E-state index contributed by atoms with van der Waals surface area (Å²) in [4.78, 5) is 11.8. The van der Waals surface area contributed by atoms with Crippen molar-refractivity contribution in [1.29, 1.82) is 0 Å². The molecule has 0 spiro atoms. The third-order valence-corrected chi connectivity index (χ3v) is 3.43. The predicted molar refractivity (Wildman–Crippen MR) is 70.5 cm³/mol. The molecular formula is C15H18O3. The molecule has 3 nitrogen and oxygen atoms in total. The van der Waals surface area contributed by atoms with E-state index in [1.807, 2.05) is 25.1 Å². The summed E-state index contributed by atoms with van der Waals surface area (Å²) in [6.07, 6.45) is 3.73. The molecule has 0 radical (unpaired) electrons. The molecule has 1 aromatic carbocycles. The van der Waals surface area contributed by atoms with Gasteiger partial charge in [0.15, 0.2) is 0 Å². The van der Waals surface area contributed by atoms with Crippen molar-refractivity contribution in [2.24, 2.45) is 5.92 Å². The lowest BCUT2D eigenvalue weighted by Crippen LogP contribution is -2.16. The second kappa shape index (κ2) is 5.25. The highest BCUT2D eigenvalue weighted by Crippen LogP contribution is 2.36. The summed E-state index contributed by atoms with van der Waals surface area (Å²) >= 11 is 0. The number of hydrogen-bond donors (Lipinski definition) is 0. The molecule has 0 aromatic heterocycles. The molecule has 0 unspecified atom stereocenters. The number of carbonyl (C=O) groups is 1. The first-order valence-corrected chi connectivity index (χ1v) is 6.16. The molecule has 0 saturated heterocycles. The summed E-state index contributed by atoms with van der Waals surface area (Å²) in [6, 6.07) is 5.99. The molecule has 0 heterocycles. The van der Waals surface area contributed by atoms with Crippen molar-refractivity contribution in [1.82, 2.24) is 0 Å². The van der Waals surface area contributed by atoms with Gasteiger partial charge in [-0.05, 0) is 41.7 Å². The van der Waals surface area contributed by atoms with Crippen molar-refractivity contribution in [3.05, 3.63) is 35.4 Å². The van der Waals surface area contributed by atoms with Gasteiger partial charge in [-0.3, -0.25) is 4.79 Å². The highest BCUT2D eigenvalue weighted by Gasteiger charge is 2.27. The largest absolute Gasteiger partial charge is 0.497 e. The van der Waals surface area contributed by atoms with E-state index in [1.54, 1.807) is 7.11 Å². The van der Waals surface area contributed by atoms with Gasteiger partial charge in [-0.2, -0.15) is 0 Å². The minimum atomic E-state index is -0.162. The van der Waals surface area contributed by atoms with Crippen LogP contribution in [0.1, 0.15) is 24.5 Å². The highest BCUT2D eigenvalue weighted by molar-refractivity contribution is 5.90. The Kier molecular flexibility index (Phi) is 3.70. The summed E-state index contributed by atoms with van der Waals surface area (Å²) in [6.45, 7) is 2.00. The fourth-order valence-corrected chi connectivity index (χ4v) is 2.46. The fraction of sp³-hybridized carbons (Fsp3) is 0.400. The van der Waals surface area contributed by atoms with E-state index >= 15 is 0 Å². The van der Waals surface area contributed by atoms with Gasteiger partial charge in [0.25, 0.3) is 0 Å². The molecule has 0 aliphatic heterocycles. The van der Waals surface area contributed by atoms with E-state index in [2.05, 4.69) is 6.08 Å². The van der Waals surface area contributed by atoms with Crippen molar-refractivity contribution in [2.75, 3.05) is 14.2 Å². The topological polar surface area (TPSA) is 35.5 Å². The van der Waals surface area contributed by atoms with Gasteiger partial charge in [0, 0.05) is 0 Å². The zero-order valence-electron chi connectivity index (χ0n) is 11.0. The Bertz CT molecular complexity index is 489. The van der Waals surface area contributed by atoms with Gasteiger partial charge in [-0.1, -0.05) is 19.1 Å². The predicted octanol–water partition coefficient (Wildman–Crippen LogP) is 2.83. The lowest BCUT2D eigenvalue weighted by Gasteiger charge is -2.15. The molecule has 1 atom stereocenters. The lowest BCUT2D eigenvalue weighted by molar-refractivity contribution is -0.143. The maximum atomic E-state index is 11.8. The first-order valence-electron chi connectivity index (χ1n) is 6.16. The number of fused-ring (bicyclic) bond motifs is 1. The average molecular weight is 246 g/mol. The molecule has 0 amide bonds. The first kappa shape index (κ1) is 12.7. The number of hydrogen-bond acceptors (Lipinski definition) is 3. The van der Waals surface area contributed by atoms with Gasteiger partial charge >= 0.3 is 5.97 Å². The summed E-state index contributed by atoms with van der Waals surface area (Å²) in [5, 5.41) is 0. The van der Waals surface area contributed by atoms with Gasteiger partial charge in [0.2, 0.25) is 0 Å². The lowest BCUT2D eigenvalue weighted by atomic mass is 9.92. The van der Waals surface area contributed by atoms with Gasteiger partial charge in [0.05, 0.1) is 20.1 Å². The van der Waals surface area contributed by atoms with Crippen molar-refractivity contribution < 1.29 is 14.3 Å². The Morgan fingerprint density at radius 3 is 2.78 bits per heavy atom. The molecule has 1 aliphatic rings. The van der Waals surface area contributed by atoms with Crippen molar-refractivity contribution in [3.63, 3.8) is 0 Å². The smallest absolute Gasteiger partial charge is 0.313 e. The van der Waals surface area contributed by atoms with Crippen molar-refractivity contribution in [3.8, 4) is 5.75 Å². The molecule has 96 valence electrons. The zero-order chi connectivity index (χ0) is 13.1. The zero-order valence-corrected chi connectivity index (χ0v) is 11.0. The number of carbonyl (C=O) groups excluding carboxylic acids is 1. The van der Waals surface area contributed by atoms with E-state index in [0.29, 0.717) is 0 Å². The molecule has 0 bridgehead atoms. The van der Waals surface area contributed by atoms with E-state index in [9.17, 15) is 4.79 Å². The van der Waals surface area contributed by atoms with Crippen LogP contribution in [-0.2, 0) is 16.0 Å². The quantitative estimate of drug-likeness (QED) is 0.766. The maximum absolute atomic E-state index is 11.8. The molecule has 3 heteroatoms. The molecule has 1 aromatic rings. The molecule has 18 heavy (non-hydrogen) atoms. The Morgan fingerprint density at radius 2 is 2.17 bits per heavy atom. The molecule has 0 fully saturated rings. The van der Waals surface area contributed by atoms with Gasteiger partial charge in [0.1, 0.15) is 5.75 Å². The van der Waals surface area contributed by atoms with Crippen LogP contribution in [0, 0.1) is 5.92 Å². The van der Waals surface area contributed by atoms with Crippen LogP contribution in [0.4, 0.5) is 0 Å².